The van der Waals surface area contributed by atoms with Crippen molar-refractivity contribution in [2.75, 3.05) is 0 Å². The van der Waals surface area contributed by atoms with Gasteiger partial charge in [0.1, 0.15) is 0 Å². The third-order valence-corrected chi connectivity index (χ3v) is 1.64. The molecule has 0 aromatic carbocycles. The highest BCUT2D eigenvalue weighted by Crippen LogP contribution is 2.22. The molecule has 0 N–H and O–H groups in total. The van der Waals surface area contributed by atoms with Crippen molar-refractivity contribution in [3.05, 3.63) is 7.43 Å². The zero-order chi connectivity index (χ0) is 4.41. The van der Waals surface area contributed by atoms with E-state index in [1.54, 1.807) is 0 Å². The van der Waals surface area contributed by atoms with E-state index in [4.69, 9.17) is 0 Å². The Morgan fingerprint density at radius 3 is 1.71 bits per heavy atom. The largest absolute Gasteiger partial charge is 0.0625 e. The van der Waals surface area contributed by atoms with E-state index in [9.17, 15) is 0 Å². The summed E-state index contributed by atoms with van der Waals surface area (Å²) in [4.78, 5) is 0. The smallest absolute Gasteiger partial charge is 0.0467 e. The monoisotopic (exact) mass is 99.1 g/mol. The average molecular weight is 99.2 g/mol. The van der Waals surface area contributed by atoms with Crippen molar-refractivity contribution in [2.24, 2.45) is 5.92 Å². The molecule has 1 aliphatic carbocycles. The molecule has 1 saturated carbocycles. The van der Waals surface area contributed by atoms with Crippen molar-refractivity contribution < 1.29 is 0 Å². The molecule has 0 heteroatoms. The van der Waals surface area contributed by atoms with Gasteiger partial charge in [-0.15, -0.1) is 0 Å². The first kappa shape index (κ1) is 6.87. The van der Waals surface area contributed by atoms with Gasteiger partial charge in [-0.1, -0.05) is 32.6 Å². The van der Waals surface area contributed by atoms with Crippen LogP contribution < -0.4 is 0 Å². The van der Waals surface area contributed by atoms with Crippen molar-refractivity contribution in [3.63, 3.8) is 0 Å². The van der Waals surface area contributed by atoms with Crippen molar-refractivity contribution in [1.82, 2.24) is 0 Å². The van der Waals surface area contributed by atoms with E-state index in [-0.39, 0.29) is 7.43 Å². The molecular weight excluding hydrogens is 84.1 g/mol. The SMILES string of the molecule is CC1CCCC1.[CH3+]. The molecule has 0 nitrogen and oxygen atoms in total. The molecule has 0 radical (unpaired) electrons. The lowest BCUT2D eigenvalue weighted by atomic mass is 10.2. The molecule has 0 aromatic rings. The van der Waals surface area contributed by atoms with Crippen molar-refractivity contribution in [3.8, 4) is 0 Å². The second-order valence-corrected chi connectivity index (χ2v) is 2.39. The second kappa shape index (κ2) is 2.95. The molecule has 0 aromatic heterocycles. The lowest BCUT2D eigenvalue weighted by Gasteiger charge is -1.91. The minimum Gasteiger partial charge on any atom is -0.0625 e. The van der Waals surface area contributed by atoms with Crippen LogP contribution >= 0.6 is 0 Å². The maximum absolute atomic E-state index is 2.34. The lowest BCUT2D eigenvalue weighted by molar-refractivity contribution is 0.612. The summed E-state index contributed by atoms with van der Waals surface area (Å²) in [6.07, 6.45) is 5.95. The van der Waals surface area contributed by atoms with Gasteiger partial charge in [-0.25, -0.2) is 0 Å². The minimum absolute atomic E-state index is 0. The first-order chi connectivity index (χ1) is 2.89. The molecule has 0 aliphatic heterocycles. The van der Waals surface area contributed by atoms with Crippen LogP contribution in [0.2, 0.25) is 0 Å². The number of hydrogen-bond acceptors (Lipinski definition) is 0. The highest BCUT2D eigenvalue weighted by molar-refractivity contribution is 4.60. The summed E-state index contributed by atoms with van der Waals surface area (Å²) in [5.74, 6) is 1.05. The Balaban J connectivity index is 0.000000360. The molecule has 1 fully saturated rings. The van der Waals surface area contributed by atoms with Crippen LogP contribution in [0.3, 0.4) is 0 Å². The lowest BCUT2D eigenvalue weighted by Crippen LogP contribution is -1.78. The zero-order valence-corrected chi connectivity index (χ0v) is 5.41. The molecule has 1 rings (SSSR count). The Bertz CT molecular complexity index is 33.3. The predicted molar refractivity (Wildman–Crippen MR) is 34.0 cm³/mol. The van der Waals surface area contributed by atoms with Gasteiger partial charge in [-0.2, -0.15) is 0 Å². The quantitative estimate of drug-likeness (QED) is 0.409. The Hall–Kier alpha value is -0.130. The van der Waals surface area contributed by atoms with E-state index < -0.39 is 0 Å². The summed E-state index contributed by atoms with van der Waals surface area (Å²) in [5, 5.41) is 0. The van der Waals surface area contributed by atoms with Crippen LogP contribution in [-0.4, -0.2) is 0 Å². The van der Waals surface area contributed by atoms with E-state index in [2.05, 4.69) is 6.92 Å². The van der Waals surface area contributed by atoms with Gasteiger partial charge in [-0.05, 0) is 5.92 Å². The first-order valence-corrected chi connectivity index (χ1v) is 2.89. The van der Waals surface area contributed by atoms with Crippen LogP contribution in [0, 0.1) is 13.3 Å². The maximum Gasteiger partial charge on any atom is 0.0467 e. The molecule has 0 unspecified atom stereocenters. The van der Waals surface area contributed by atoms with E-state index in [1.165, 1.54) is 25.7 Å². The molecule has 0 spiro atoms. The fraction of sp³-hybridized carbons (Fsp3) is 0.857. The van der Waals surface area contributed by atoms with Crippen LogP contribution in [-0.2, 0) is 0 Å². The first-order valence-electron chi connectivity index (χ1n) is 2.89. The Morgan fingerprint density at radius 2 is 1.57 bits per heavy atom. The molecular formula is C7H15+. The maximum atomic E-state index is 2.34. The summed E-state index contributed by atoms with van der Waals surface area (Å²) >= 11 is 0. The van der Waals surface area contributed by atoms with Crippen molar-refractivity contribution >= 4 is 0 Å². The van der Waals surface area contributed by atoms with Gasteiger partial charge in [0.05, 0.1) is 0 Å². The van der Waals surface area contributed by atoms with E-state index in [1.807, 2.05) is 0 Å². The molecule has 0 bridgehead atoms. The minimum atomic E-state index is 0. The highest BCUT2D eigenvalue weighted by Gasteiger charge is 2.07. The van der Waals surface area contributed by atoms with Gasteiger partial charge in [-0.3, -0.25) is 0 Å². The summed E-state index contributed by atoms with van der Waals surface area (Å²) in [6.45, 7) is 2.34. The van der Waals surface area contributed by atoms with Crippen LogP contribution in [0.5, 0.6) is 0 Å². The van der Waals surface area contributed by atoms with Crippen molar-refractivity contribution in [1.29, 1.82) is 0 Å². The summed E-state index contributed by atoms with van der Waals surface area (Å²) < 4.78 is 0. The second-order valence-electron chi connectivity index (χ2n) is 2.39. The molecule has 42 valence electrons. The predicted octanol–water partition coefficient (Wildman–Crippen LogP) is 2.65. The molecule has 0 atom stereocenters. The Labute approximate surface area is 46.9 Å². The third kappa shape index (κ3) is 1.86. The fourth-order valence-corrected chi connectivity index (χ4v) is 1.13. The van der Waals surface area contributed by atoms with Crippen LogP contribution in [0.1, 0.15) is 32.6 Å². The van der Waals surface area contributed by atoms with E-state index in [0.29, 0.717) is 0 Å². The van der Waals surface area contributed by atoms with Crippen molar-refractivity contribution in [2.45, 2.75) is 32.6 Å². The summed E-state index contributed by atoms with van der Waals surface area (Å²) in [7, 11) is 0. The van der Waals surface area contributed by atoms with Crippen LogP contribution in [0.15, 0.2) is 0 Å². The number of hydrogen-bond donors (Lipinski definition) is 0. The highest BCUT2D eigenvalue weighted by atomic mass is 14.1. The van der Waals surface area contributed by atoms with Crippen LogP contribution in [0.4, 0.5) is 0 Å². The van der Waals surface area contributed by atoms with Gasteiger partial charge in [0.25, 0.3) is 0 Å². The fourth-order valence-electron chi connectivity index (χ4n) is 1.13. The van der Waals surface area contributed by atoms with E-state index >= 15 is 0 Å². The van der Waals surface area contributed by atoms with Gasteiger partial charge >= 0.3 is 0 Å². The average Bonchev–Trinajstić information content (AvgIpc) is 1.86. The van der Waals surface area contributed by atoms with Crippen LogP contribution in [0.25, 0.3) is 0 Å². The summed E-state index contributed by atoms with van der Waals surface area (Å²) in [6, 6.07) is 0. The molecule has 1 aliphatic rings. The van der Waals surface area contributed by atoms with Gasteiger partial charge in [0, 0.05) is 7.43 Å². The van der Waals surface area contributed by atoms with Gasteiger partial charge in [0.2, 0.25) is 0 Å². The Kier molecular flexibility index (Phi) is 2.89. The zero-order valence-electron chi connectivity index (χ0n) is 5.41. The Morgan fingerprint density at radius 1 is 1.14 bits per heavy atom. The third-order valence-electron chi connectivity index (χ3n) is 1.64. The number of rotatable bonds is 0. The molecule has 7 heavy (non-hydrogen) atoms. The van der Waals surface area contributed by atoms with Gasteiger partial charge in [0.15, 0.2) is 0 Å². The standard InChI is InChI=1S/C6H12.CH3/c1-6-4-2-3-5-6;/h6H,2-5H2,1H3;1H3/q;+1. The van der Waals surface area contributed by atoms with Gasteiger partial charge < -0.3 is 0 Å². The normalized spacial score (nSPS) is 21.9. The molecule has 0 saturated heterocycles. The van der Waals surface area contributed by atoms with E-state index in [0.717, 1.165) is 5.92 Å². The molecule has 0 heterocycles. The summed E-state index contributed by atoms with van der Waals surface area (Å²) in [5.41, 5.74) is 0. The molecule has 0 amide bonds. The topological polar surface area (TPSA) is 0 Å².